The van der Waals surface area contributed by atoms with E-state index in [0.717, 1.165) is 56.5 Å². The average molecular weight is 284 g/mol. The highest BCUT2D eigenvalue weighted by Gasteiger charge is 2.38. The molecular weight excluding hydrogens is 260 g/mol. The number of hydrogen-bond acceptors (Lipinski definition) is 4. The summed E-state index contributed by atoms with van der Waals surface area (Å²) >= 11 is 1.88. The van der Waals surface area contributed by atoms with Crippen molar-refractivity contribution in [3.05, 3.63) is 0 Å². The first-order valence-corrected chi connectivity index (χ1v) is 8.45. The van der Waals surface area contributed by atoms with Gasteiger partial charge in [0.15, 0.2) is 5.17 Å². The van der Waals surface area contributed by atoms with Crippen molar-refractivity contribution < 1.29 is 9.47 Å². The summed E-state index contributed by atoms with van der Waals surface area (Å²) in [6, 6.07) is 0. The minimum absolute atomic E-state index is 0.262. The highest BCUT2D eigenvalue weighted by Crippen LogP contribution is 2.32. The fraction of sp³-hybridized carbons (Fsp3) is 0.929. The number of nitrogens with zero attached hydrogens (tertiary/aromatic N) is 1. The second kappa shape index (κ2) is 6.02. The molecular formula is C14H24N2O2S. The van der Waals surface area contributed by atoms with Crippen molar-refractivity contribution in [3.63, 3.8) is 0 Å². The van der Waals surface area contributed by atoms with E-state index in [1.807, 2.05) is 11.8 Å². The molecule has 0 aliphatic carbocycles. The highest BCUT2D eigenvalue weighted by atomic mass is 32.2. The molecule has 3 heterocycles. The van der Waals surface area contributed by atoms with Gasteiger partial charge >= 0.3 is 0 Å². The van der Waals surface area contributed by atoms with Gasteiger partial charge in [0.1, 0.15) is 0 Å². The van der Waals surface area contributed by atoms with E-state index in [9.17, 15) is 0 Å². The fourth-order valence-electron chi connectivity index (χ4n) is 3.18. The van der Waals surface area contributed by atoms with Crippen LogP contribution in [0.1, 0.15) is 32.6 Å². The number of ether oxygens (including phenoxy) is 2. The van der Waals surface area contributed by atoms with Gasteiger partial charge < -0.3 is 14.8 Å². The van der Waals surface area contributed by atoms with Crippen LogP contribution in [0.5, 0.6) is 0 Å². The summed E-state index contributed by atoms with van der Waals surface area (Å²) in [5, 5.41) is 4.80. The van der Waals surface area contributed by atoms with Crippen molar-refractivity contribution in [2.75, 3.05) is 32.1 Å². The summed E-state index contributed by atoms with van der Waals surface area (Å²) in [6.07, 6.45) is 4.93. The predicted molar refractivity (Wildman–Crippen MR) is 78.8 cm³/mol. The highest BCUT2D eigenvalue weighted by molar-refractivity contribution is 8.14. The van der Waals surface area contributed by atoms with Crippen molar-refractivity contribution in [3.8, 4) is 0 Å². The maximum Gasteiger partial charge on any atom is 0.157 e. The summed E-state index contributed by atoms with van der Waals surface area (Å²) < 4.78 is 11.2. The van der Waals surface area contributed by atoms with Crippen molar-refractivity contribution in [2.45, 2.75) is 44.2 Å². The van der Waals surface area contributed by atoms with E-state index in [0.29, 0.717) is 12.0 Å². The Labute approximate surface area is 119 Å². The number of aliphatic imine (C=N–C) groups is 1. The van der Waals surface area contributed by atoms with Gasteiger partial charge in [0.25, 0.3) is 0 Å². The molecule has 0 aromatic heterocycles. The van der Waals surface area contributed by atoms with E-state index in [1.54, 1.807) is 0 Å². The Hall–Kier alpha value is -0.260. The van der Waals surface area contributed by atoms with Gasteiger partial charge in [-0.1, -0.05) is 18.7 Å². The molecule has 0 aromatic carbocycles. The third-order valence-electron chi connectivity index (χ3n) is 4.53. The van der Waals surface area contributed by atoms with Crippen LogP contribution in [-0.2, 0) is 9.47 Å². The molecule has 0 amide bonds. The molecule has 0 radical (unpaired) electrons. The molecule has 1 spiro atoms. The van der Waals surface area contributed by atoms with Crippen molar-refractivity contribution in [2.24, 2.45) is 10.9 Å². The zero-order chi connectivity index (χ0) is 13.1. The van der Waals surface area contributed by atoms with E-state index in [-0.39, 0.29) is 5.54 Å². The molecule has 1 N–H and O–H groups in total. The molecule has 2 atom stereocenters. The summed E-state index contributed by atoms with van der Waals surface area (Å²) in [6.45, 7) is 5.80. The summed E-state index contributed by atoms with van der Waals surface area (Å²) in [4.78, 5) is 4.80. The topological polar surface area (TPSA) is 42.8 Å². The summed E-state index contributed by atoms with van der Waals surface area (Å²) in [7, 11) is 0. The fourth-order valence-corrected chi connectivity index (χ4v) is 4.40. The van der Waals surface area contributed by atoms with Gasteiger partial charge in [-0.15, -0.1) is 0 Å². The number of hydrogen-bond donors (Lipinski definition) is 1. The van der Waals surface area contributed by atoms with Gasteiger partial charge in [-0.2, -0.15) is 0 Å². The molecule has 3 saturated heterocycles. The van der Waals surface area contributed by atoms with Gasteiger partial charge in [-0.25, -0.2) is 0 Å². The van der Waals surface area contributed by atoms with Crippen molar-refractivity contribution in [1.82, 2.24) is 5.32 Å². The average Bonchev–Trinajstić information content (AvgIpc) is 3.04. The Balaban J connectivity index is 1.54. The molecule has 0 saturated carbocycles. The Morgan fingerprint density at radius 1 is 1.37 bits per heavy atom. The molecule has 3 rings (SSSR count). The van der Waals surface area contributed by atoms with Crippen molar-refractivity contribution in [1.29, 1.82) is 0 Å². The Kier molecular flexibility index (Phi) is 4.34. The molecule has 0 bridgehead atoms. The number of nitrogens with one attached hydrogen (secondary N) is 1. The first-order valence-electron chi connectivity index (χ1n) is 7.46. The van der Waals surface area contributed by atoms with Crippen LogP contribution >= 0.6 is 11.8 Å². The standard InChI is InChI=1S/C14H24N2O2S/c1-2-12-11(3-6-18-12)9-15-13-16-14(10-19-13)4-7-17-8-5-14/h11-12H,2-10H2,1H3,(H,15,16). The molecule has 108 valence electrons. The SMILES string of the molecule is CCC1OCCC1CN=C1NC2(CCOCC2)CS1. The van der Waals surface area contributed by atoms with Gasteiger partial charge in [0.05, 0.1) is 11.6 Å². The van der Waals surface area contributed by atoms with Crippen molar-refractivity contribution >= 4 is 16.9 Å². The largest absolute Gasteiger partial charge is 0.381 e. The van der Waals surface area contributed by atoms with Crippen LogP contribution in [0.3, 0.4) is 0 Å². The van der Waals surface area contributed by atoms with E-state index in [2.05, 4.69) is 12.2 Å². The third-order valence-corrected chi connectivity index (χ3v) is 5.73. The van der Waals surface area contributed by atoms with Crippen LogP contribution in [0.2, 0.25) is 0 Å². The zero-order valence-corrected chi connectivity index (χ0v) is 12.5. The predicted octanol–water partition coefficient (Wildman–Crippen LogP) is 2.04. The quantitative estimate of drug-likeness (QED) is 0.861. The molecule has 0 aromatic rings. The lowest BCUT2D eigenvalue weighted by Gasteiger charge is -2.32. The molecule has 3 fully saturated rings. The second-order valence-corrected chi connectivity index (χ2v) is 6.78. The lowest BCUT2D eigenvalue weighted by molar-refractivity contribution is 0.0555. The van der Waals surface area contributed by atoms with E-state index in [4.69, 9.17) is 14.5 Å². The summed E-state index contributed by atoms with van der Waals surface area (Å²) in [5.74, 6) is 1.76. The normalized spacial score (nSPS) is 35.9. The van der Waals surface area contributed by atoms with Crippen LogP contribution in [0.15, 0.2) is 4.99 Å². The van der Waals surface area contributed by atoms with E-state index < -0.39 is 0 Å². The lowest BCUT2D eigenvalue weighted by atomic mass is 9.93. The second-order valence-electron chi connectivity index (χ2n) is 5.82. The Morgan fingerprint density at radius 2 is 2.21 bits per heavy atom. The van der Waals surface area contributed by atoms with Gasteiger partial charge in [-0.05, 0) is 25.7 Å². The van der Waals surface area contributed by atoms with E-state index in [1.165, 1.54) is 6.42 Å². The maximum atomic E-state index is 5.73. The monoisotopic (exact) mass is 284 g/mol. The maximum absolute atomic E-state index is 5.73. The molecule has 19 heavy (non-hydrogen) atoms. The first-order chi connectivity index (χ1) is 9.31. The van der Waals surface area contributed by atoms with Crippen LogP contribution in [0.4, 0.5) is 0 Å². The van der Waals surface area contributed by atoms with Crippen LogP contribution in [-0.4, -0.2) is 48.9 Å². The molecule has 2 unspecified atom stereocenters. The molecule has 5 heteroatoms. The first kappa shape index (κ1) is 13.7. The van der Waals surface area contributed by atoms with Gasteiger partial charge in [0, 0.05) is 38.0 Å². The van der Waals surface area contributed by atoms with Crippen LogP contribution < -0.4 is 5.32 Å². The Bertz CT molecular complexity index is 342. The van der Waals surface area contributed by atoms with Gasteiger partial charge in [0.2, 0.25) is 0 Å². The Morgan fingerprint density at radius 3 is 3.00 bits per heavy atom. The molecule has 3 aliphatic heterocycles. The minimum atomic E-state index is 0.262. The third kappa shape index (κ3) is 3.09. The molecule has 3 aliphatic rings. The number of rotatable bonds is 3. The zero-order valence-electron chi connectivity index (χ0n) is 11.7. The van der Waals surface area contributed by atoms with Crippen LogP contribution in [0.25, 0.3) is 0 Å². The molecule has 4 nitrogen and oxygen atoms in total. The number of thioether (sulfide) groups is 1. The summed E-state index contributed by atoms with van der Waals surface area (Å²) in [5.41, 5.74) is 0.262. The van der Waals surface area contributed by atoms with Crippen LogP contribution in [0, 0.1) is 5.92 Å². The number of amidine groups is 1. The van der Waals surface area contributed by atoms with E-state index >= 15 is 0 Å². The minimum Gasteiger partial charge on any atom is -0.381 e. The van der Waals surface area contributed by atoms with Gasteiger partial charge in [-0.3, -0.25) is 4.99 Å². The lowest BCUT2D eigenvalue weighted by Crippen LogP contribution is -2.48. The smallest absolute Gasteiger partial charge is 0.157 e.